The van der Waals surface area contributed by atoms with E-state index in [-0.39, 0.29) is 35.2 Å². The van der Waals surface area contributed by atoms with Gasteiger partial charge in [-0.1, -0.05) is 71.5 Å². The van der Waals surface area contributed by atoms with E-state index in [2.05, 4.69) is 0 Å². The maximum atomic E-state index is 14.4. The van der Waals surface area contributed by atoms with Gasteiger partial charge in [0.2, 0.25) is 0 Å². The monoisotopic (exact) mass is 714 g/mol. The zero-order chi connectivity index (χ0) is 35.4. The third kappa shape index (κ3) is 6.87. The molecule has 0 bridgehead atoms. The first kappa shape index (κ1) is 34.5. The second-order valence-electron chi connectivity index (χ2n) is 11.0. The molecule has 6 rings (SSSR count). The molecular weight excluding hydrogens is 683 g/mol. The summed E-state index contributed by atoms with van der Waals surface area (Å²) >= 11 is 7.85. The average molecular weight is 715 g/mol. The van der Waals surface area contributed by atoms with Crippen LogP contribution in [-0.4, -0.2) is 38.5 Å². The van der Waals surface area contributed by atoms with Crippen LogP contribution in [0.3, 0.4) is 0 Å². The summed E-state index contributed by atoms with van der Waals surface area (Å²) in [6.07, 6.45) is 1.68. The molecule has 256 valence electrons. The molecule has 1 aromatic heterocycles. The van der Waals surface area contributed by atoms with E-state index in [1.54, 1.807) is 55.5 Å². The highest BCUT2D eigenvalue weighted by molar-refractivity contribution is 7.07. The molecule has 1 atom stereocenters. The summed E-state index contributed by atoms with van der Waals surface area (Å²) in [5.74, 6) is 0.621. The first-order valence-electron chi connectivity index (χ1n) is 15.5. The molecule has 0 fully saturated rings. The largest absolute Gasteiger partial charge is 0.493 e. The Bertz CT molecular complexity index is 2270. The Morgan fingerprint density at radius 1 is 0.940 bits per heavy atom. The molecule has 5 aromatic rings. The number of esters is 1. The summed E-state index contributed by atoms with van der Waals surface area (Å²) in [5, 5.41) is 0.254. The lowest BCUT2D eigenvalue weighted by Gasteiger charge is -2.26. The van der Waals surface area contributed by atoms with Gasteiger partial charge in [-0.3, -0.25) is 9.36 Å². The third-order valence-corrected chi connectivity index (χ3v) is 9.21. The number of methoxy groups -OCH3 is 3. The van der Waals surface area contributed by atoms with E-state index >= 15 is 0 Å². The zero-order valence-electron chi connectivity index (χ0n) is 27.6. The lowest BCUT2D eigenvalue weighted by molar-refractivity contribution is -0.138. The summed E-state index contributed by atoms with van der Waals surface area (Å²) in [7, 11) is 4.53. The van der Waals surface area contributed by atoms with E-state index < -0.39 is 12.0 Å². The Hall–Kier alpha value is -5.39. The quantitative estimate of drug-likeness (QED) is 0.148. The van der Waals surface area contributed by atoms with Gasteiger partial charge < -0.3 is 23.7 Å². The molecule has 50 heavy (non-hydrogen) atoms. The molecule has 1 aliphatic rings. The zero-order valence-corrected chi connectivity index (χ0v) is 29.1. The van der Waals surface area contributed by atoms with Gasteiger partial charge in [-0.2, -0.15) is 0 Å². The average Bonchev–Trinajstić information content (AvgIpc) is 3.44. The molecular formula is C38H32ClFN2O7S. The first-order chi connectivity index (χ1) is 24.3. The molecule has 4 aromatic carbocycles. The van der Waals surface area contributed by atoms with Crippen LogP contribution in [0.2, 0.25) is 5.02 Å². The number of hydrogen-bond acceptors (Lipinski definition) is 9. The van der Waals surface area contributed by atoms with E-state index in [0.717, 1.165) is 5.56 Å². The predicted molar refractivity (Wildman–Crippen MR) is 189 cm³/mol. The van der Waals surface area contributed by atoms with Gasteiger partial charge in [0.1, 0.15) is 12.4 Å². The number of benzene rings is 4. The normalized spacial score (nSPS) is 14.1. The molecule has 0 N–H and O–H groups in total. The SMILES string of the molecule is CCOC(=O)C1=C(c2ccccc2)N=c2s/c(=C\c3cc(Cl)c(OCc4ccc(F)cc4)c(OC)c3)c(=O)n2[C@@H]1c1ccc(OC)c(OC)c1. The van der Waals surface area contributed by atoms with Crippen molar-refractivity contribution in [2.24, 2.45) is 4.99 Å². The maximum Gasteiger partial charge on any atom is 0.338 e. The summed E-state index contributed by atoms with van der Waals surface area (Å²) in [6, 6.07) is 22.9. The van der Waals surface area contributed by atoms with Crippen LogP contribution in [0.15, 0.2) is 100 Å². The van der Waals surface area contributed by atoms with Crippen molar-refractivity contribution in [3.8, 4) is 23.0 Å². The van der Waals surface area contributed by atoms with Crippen LogP contribution >= 0.6 is 22.9 Å². The van der Waals surface area contributed by atoms with E-state index in [9.17, 15) is 14.0 Å². The maximum absolute atomic E-state index is 14.4. The first-order valence-corrected chi connectivity index (χ1v) is 16.7. The van der Waals surface area contributed by atoms with Crippen molar-refractivity contribution in [2.45, 2.75) is 19.6 Å². The number of halogens is 2. The Kier molecular flexibility index (Phi) is 10.4. The smallest absolute Gasteiger partial charge is 0.338 e. The molecule has 0 radical (unpaired) electrons. The molecule has 0 amide bonds. The van der Waals surface area contributed by atoms with Crippen LogP contribution in [0.5, 0.6) is 23.0 Å². The molecule has 0 unspecified atom stereocenters. The fourth-order valence-corrected chi connectivity index (χ4v) is 6.90. The van der Waals surface area contributed by atoms with Crippen LogP contribution in [0.1, 0.15) is 35.2 Å². The Morgan fingerprint density at radius 2 is 1.66 bits per heavy atom. The number of fused-ring (bicyclic) bond motifs is 1. The van der Waals surface area contributed by atoms with Gasteiger partial charge in [-0.05, 0) is 66.1 Å². The van der Waals surface area contributed by atoms with Crippen molar-refractivity contribution in [3.63, 3.8) is 0 Å². The van der Waals surface area contributed by atoms with E-state index in [4.69, 9.17) is 40.3 Å². The number of thiazole rings is 1. The number of carbonyl (C=O) groups is 1. The predicted octanol–water partition coefficient (Wildman–Crippen LogP) is 6.33. The topological polar surface area (TPSA) is 97.6 Å². The number of ether oxygens (including phenoxy) is 5. The molecule has 1 aliphatic heterocycles. The van der Waals surface area contributed by atoms with Crippen LogP contribution in [0.25, 0.3) is 11.8 Å². The highest BCUT2D eigenvalue weighted by atomic mass is 35.5. The number of rotatable bonds is 11. The Morgan fingerprint density at radius 3 is 2.34 bits per heavy atom. The summed E-state index contributed by atoms with van der Waals surface area (Å²) in [6.45, 7) is 1.98. The highest BCUT2D eigenvalue weighted by Crippen LogP contribution is 2.39. The molecule has 12 heteroatoms. The van der Waals surface area contributed by atoms with Gasteiger partial charge in [0.15, 0.2) is 27.8 Å². The second-order valence-corrected chi connectivity index (χ2v) is 12.4. The second kappa shape index (κ2) is 15.0. The minimum atomic E-state index is -0.914. The van der Waals surface area contributed by atoms with Crippen LogP contribution in [0.4, 0.5) is 4.39 Å². The van der Waals surface area contributed by atoms with Crippen LogP contribution in [-0.2, 0) is 16.1 Å². The minimum absolute atomic E-state index is 0.125. The van der Waals surface area contributed by atoms with Gasteiger partial charge >= 0.3 is 5.97 Å². The molecule has 0 saturated heterocycles. The Balaban J connectivity index is 1.51. The van der Waals surface area contributed by atoms with E-state index in [0.29, 0.717) is 54.7 Å². The highest BCUT2D eigenvalue weighted by Gasteiger charge is 2.35. The standard InChI is InChI=1S/C38H32ClFN2O7S/c1-5-48-37(44)32-33(24-9-7-6-8-10-24)41-38-42(34(32)25-13-16-28(45-2)29(20-25)46-3)36(43)31(50-38)19-23-17-27(39)35(30(18-23)47-4)49-21-22-11-14-26(40)15-12-22/h6-20,34H,5,21H2,1-4H3/b31-19-/t34-/m1/s1. The van der Waals surface area contributed by atoms with Gasteiger partial charge in [0, 0.05) is 5.56 Å². The Labute approximate surface area is 296 Å². The van der Waals surface area contributed by atoms with Gasteiger partial charge in [-0.25, -0.2) is 14.2 Å². The van der Waals surface area contributed by atoms with Gasteiger partial charge in [-0.15, -0.1) is 0 Å². The lowest BCUT2D eigenvalue weighted by Crippen LogP contribution is -2.40. The summed E-state index contributed by atoms with van der Waals surface area (Å²) < 4.78 is 43.4. The van der Waals surface area contributed by atoms with Gasteiger partial charge in [0.25, 0.3) is 5.56 Å². The number of nitrogens with zero attached hydrogens (tertiary/aromatic N) is 2. The lowest BCUT2D eigenvalue weighted by atomic mass is 9.93. The summed E-state index contributed by atoms with van der Waals surface area (Å²) in [5.41, 5.74) is 2.81. The minimum Gasteiger partial charge on any atom is -0.493 e. The van der Waals surface area contributed by atoms with Crippen molar-refractivity contribution >= 4 is 40.7 Å². The molecule has 0 saturated carbocycles. The van der Waals surface area contributed by atoms with Gasteiger partial charge in [0.05, 0.1) is 54.8 Å². The van der Waals surface area contributed by atoms with Crippen LogP contribution in [0, 0.1) is 5.82 Å². The molecule has 2 heterocycles. The van der Waals surface area contributed by atoms with Crippen molar-refractivity contribution < 1.29 is 32.9 Å². The van der Waals surface area contributed by atoms with E-state index in [1.165, 1.54) is 49.4 Å². The fourth-order valence-electron chi connectivity index (χ4n) is 5.63. The molecule has 9 nitrogen and oxygen atoms in total. The van der Waals surface area contributed by atoms with Crippen molar-refractivity contribution in [1.29, 1.82) is 0 Å². The van der Waals surface area contributed by atoms with Crippen LogP contribution < -0.4 is 33.8 Å². The van der Waals surface area contributed by atoms with E-state index in [1.807, 2.05) is 30.3 Å². The number of carbonyl (C=O) groups excluding carboxylic acids is 1. The summed E-state index contributed by atoms with van der Waals surface area (Å²) in [4.78, 5) is 33.4. The van der Waals surface area contributed by atoms with Crippen molar-refractivity contribution in [3.05, 3.63) is 143 Å². The molecule has 0 spiro atoms. The third-order valence-electron chi connectivity index (χ3n) is 7.94. The number of hydrogen-bond donors (Lipinski definition) is 0. The molecule has 0 aliphatic carbocycles. The fraction of sp³-hybridized carbons (Fsp3) is 0.184. The number of aromatic nitrogens is 1. The van der Waals surface area contributed by atoms with Crippen molar-refractivity contribution in [2.75, 3.05) is 27.9 Å². The van der Waals surface area contributed by atoms with Crippen molar-refractivity contribution in [1.82, 2.24) is 4.57 Å².